The molecule has 1 heterocycles. The van der Waals surface area contributed by atoms with Gasteiger partial charge in [-0.15, -0.1) is 0 Å². The van der Waals surface area contributed by atoms with Crippen molar-refractivity contribution >= 4 is 0 Å². The van der Waals surface area contributed by atoms with Crippen molar-refractivity contribution in [2.24, 2.45) is 0 Å². The van der Waals surface area contributed by atoms with Gasteiger partial charge in [0.25, 0.3) is 0 Å². The summed E-state index contributed by atoms with van der Waals surface area (Å²) >= 11 is 0. The molecule has 0 aromatic heterocycles. The monoisotopic (exact) mass is 276 g/mol. The van der Waals surface area contributed by atoms with Crippen LogP contribution < -0.4 is 10.1 Å². The molecule has 0 spiro atoms. The third-order valence-corrected chi connectivity index (χ3v) is 3.90. The third kappa shape index (κ3) is 4.80. The second kappa shape index (κ2) is 8.28. The molecule has 1 aromatic carbocycles. The van der Waals surface area contributed by atoms with Crippen molar-refractivity contribution in [2.75, 3.05) is 32.8 Å². The molecule has 0 radical (unpaired) electrons. The molecule has 0 saturated carbocycles. The number of nitrogens with one attached hydrogen (secondary N) is 1. The lowest BCUT2D eigenvalue weighted by Crippen LogP contribution is -2.33. The maximum atomic E-state index is 6.01. The lowest BCUT2D eigenvalue weighted by atomic mass is 10.1. The van der Waals surface area contributed by atoms with Crippen LogP contribution in [-0.4, -0.2) is 37.7 Å². The van der Waals surface area contributed by atoms with Crippen LogP contribution in [0.2, 0.25) is 0 Å². The molecule has 3 nitrogen and oxygen atoms in total. The normalized spacial score (nSPS) is 16.3. The molecule has 0 unspecified atom stereocenters. The van der Waals surface area contributed by atoms with Gasteiger partial charge in [-0.05, 0) is 45.5 Å². The van der Waals surface area contributed by atoms with E-state index in [2.05, 4.69) is 42.3 Å². The van der Waals surface area contributed by atoms with Gasteiger partial charge in [-0.1, -0.05) is 31.0 Å². The largest absolute Gasteiger partial charge is 0.492 e. The Labute approximate surface area is 123 Å². The number of rotatable bonds is 7. The Morgan fingerprint density at radius 2 is 2.00 bits per heavy atom. The molecule has 1 N–H and O–H groups in total. The standard InChI is InChI=1S/C17H28N2O/c1-3-18-14-16-13-15(2)7-8-17(16)20-12-11-19-9-5-4-6-10-19/h7-8,13,18H,3-6,9-12,14H2,1-2H3. The number of nitrogens with zero attached hydrogens (tertiary/aromatic N) is 1. The predicted octanol–water partition coefficient (Wildman–Crippen LogP) is 2.97. The van der Waals surface area contributed by atoms with Crippen LogP contribution in [0.4, 0.5) is 0 Å². The molecule has 2 rings (SSSR count). The Morgan fingerprint density at radius 1 is 1.20 bits per heavy atom. The quantitative estimate of drug-likeness (QED) is 0.828. The van der Waals surface area contributed by atoms with E-state index in [0.717, 1.165) is 32.0 Å². The lowest BCUT2D eigenvalue weighted by Gasteiger charge is -2.26. The number of piperidine rings is 1. The van der Waals surface area contributed by atoms with Gasteiger partial charge in [0.2, 0.25) is 0 Å². The zero-order chi connectivity index (χ0) is 14.2. The summed E-state index contributed by atoms with van der Waals surface area (Å²) in [6.45, 7) is 10.5. The lowest BCUT2D eigenvalue weighted by molar-refractivity contribution is 0.182. The van der Waals surface area contributed by atoms with Gasteiger partial charge < -0.3 is 10.1 Å². The maximum Gasteiger partial charge on any atom is 0.123 e. The topological polar surface area (TPSA) is 24.5 Å². The smallest absolute Gasteiger partial charge is 0.123 e. The molecule has 20 heavy (non-hydrogen) atoms. The number of hydrogen-bond donors (Lipinski definition) is 1. The molecule has 1 fully saturated rings. The zero-order valence-corrected chi connectivity index (χ0v) is 13.0. The van der Waals surface area contributed by atoms with Gasteiger partial charge in [0.15, 0.2) is 0 Å². The fourth-order valence-corrected chi connectivity index (χ4v) is 2.71. The Kier molecular flexibility index (Phi) is 6.34. The number of hydrogen-bond acceptors (Lipinski definition) is 3. The SMILES string of the molecule is CCNCc1cc(C)ccc1OCCN1CCCCC1. The van der Waals surface area contributed by atoms with E-state index in [-0.39, 0.29) is 0 Å². The Hall–Kier alpha value is -1.06. The van der Waals surface area contributed by atoms with Crippen molar-refractivity contribution in [2.45, 2.75) is 39.7 Å². The molecule has 1 aliphatic heterocycles. The van der Waals surface area contributed by atoms with Crippen LogP contribution in [0, 0.1) is 6.92 Å². The van der Waals surface area contributed by atoms with E-state index < -0.39 is 0 Å². The van der Waals surface area contributed by atoms with Crippen molar-refractivity contribution in [3.05, 3.63) is 29.3 Å². The van der Waals surface area contributed by atoms with Gasteiger partial charge in [-0.25, -0.2) is 0 Å². The Balaban J connectivity index is 1.84. The summed E-state index contributed by atoms with van der Waals surface area (Å²) in [6.07, 6.45) is 4.08. The summed E-state index contributed by atoms with van der Waals surface area (Å²) in [6, 6.07) is 6.46. The molecular weight excluding hydrogens is 248 g/mol. The van der Waals surface area contributed by atoms with Crippen LogP contribution >= 0.6 is 0 Å². The van der Waals surface area contributed by atoms with Crippen LogP contribution in [0.3, 0.4) is 0 Å². The van der Waals surface area contributed by atoms with Crippen molar-refractivity contribution in [3.63, 3.8) is 0 Å². The highest BCUT2D eigenvalue weighted by atomic mass is 16.5. The summed E-state index contributed by atoms with van der Waals surface area (Å²) in [7, 11) is 0. The van der Waals surface area contributed by atoms with Gasteiger partial charge in [0, 0.05) is 18.7 Å². The van der Waals surface area contributed by atoms with E-state index in [1.54, 1.807) is 0 Å². The molecule has 0 bridgehead atoms. The average Bonchev–Trinajstić information content (AvgIpc) is 2.48. The molecule has 0 aliphatic carbocycles. The highest BCUT2D eigenvalue weighted by molar-refractivity contribution is 5.36. The van der Waals surface area contributed by atoms with E-state index in [0.29, 0.717) is 0 Å². The first-order valence-corrected chi connectivity index (χ1v) is 7.95. The summed E-state index contributed by atoms with van der Waals surface area (Å²) in [5, 5.41) is 3.38. The Morgan fingerprint density at radius 3 is 2.75 bits per heavy atom. The highest BCUT2D eigenvalue weighted by Gasteiger charge is 2.10. The van der Waals surface area contributed by atoms with Crippen LogP contribution in [0.15, 0.2) is 18.2 Å². The molecule has 1 aliphatic rings. The van der Waals surface area contributed by atoms with E-state index >= 15 is 0 Å². The average molecular weight is 276 g/mol. The summed E-state index contributed by atoms with van der Waals surface area (Å²) in [4.78, 5) is 2.52. The number of benzene rings is 1. The second-order valence-electron chi connectivity index (χ2n) is 5.64. The van der Waals surface area contributed by atoms with E-state index in [4.69, 9.17) is 4.74 Å². The van der Waals surface area contributed by atoms with Gasteiger partial charge in [-0.3, -0.25) is 4.90 Å². The minimum Gasteiger partial charge on any atom is -0.492 e. The molecule has 112 valence electrons. The van der Waals surface area contributed by atoms with Crippen LogP contribution in [0.25, 0.3) is 0 Å². The van der Waals surface area contributed by atoms with Gasteiger partial charge in [-0.2, -0.15) is 0 Å². The highest BCUT2D eigenvalue weighted by Crippen LogP contribution is 2.20. The summed E-state index contributed by atoms with van der Waals surface area (Å²) in [5.74, 6) is 1.04. The number of likely N-dealkylation sites (tertiary alicyclic amines) is 1. The summed E-state index contributed by atoms with van der Waals surface area (Å²) in [5.41, 5.74) is 2.56. The fourth-order valence-electron chi connectivity index (χ4n) is 2.71. The van der Waals surface area contributed by atoms with Crippen molar-refractivity contribution in [3.8, 4) is 5.75 Å². The minimum atomic E-state index is 0.794. The van der Waals surface area contributed by atoms with Crippen LogP contribution in [0.5, 0.6) is 5.75 Å². The van der Waals surface area contributed by atoms with Crippen LogP contribution in [0.1, 0.15) is 37.3 Å². The van der Waals surface area contributed by atoms with Crippen molar-refractivity contribution in [1.82, 2.24) is 10.2 Å². The van der Waals surface area contributed by atoms with Crippen molar-refractivity contribution < 1.29 is 4.74 Å². The predicted molar refractivity (Wildman–Crippen MR) is 84.3 cm³/mol. The van der Waals surface area contributed by atoms with Gasteiger partial charge >= 0.3 is 0 Å². The molecular formula is C17H28N2O. The fraction of sp³-hybridized carbons (Fsp3) is 0.647. The molecule has 0 amide bonds. The zero-order valence-electron chi connectivity index (χ0n) is 13.0. The first-order valence-electron chi connectivity index (χ1n) is 7.95. The van der Waals surface area contributed by atoms with E-state index in [9.17, 15) is 0 Å². The number of ether oxygens (including phenoxy) is 1. The third-order valence-electron chi connectivity index (χ3n) is 3.90. The molecule has 1 aromatic rings. The molecule has 3 heteroatoms. The number of aryl methyl sites for hydroxylation is 1. The minimum absolute atomic E-state index is 0.794. The maximum absolute atomic E-state index is 6.01. The van der Waals surface area contributed by atoms with Crippen LogP contribution in [-0.2, 0) is 6.54 Å². The second-order valence-corrected chi connectivity index (χ2v) is 5.64. The van der Waals surface area contributed by atoms with E-state index in [1.807, 2.05) is 0 Å². The van der Waals surface area contributed by atoms with Crippen molar-refractivity contribution in [1.29, 1.82) is 0 Å². The molecule has 0 atom stereocenters. The first kappa shape index (κ1) is 15.3. The van der Waals surface area contributed by atoms with Gasteiger partial charge in [0.1, 0.15) is 12.4 Å². The summed E-state index contributed by atoms with van der Waals surface area (Å²) < 4.78 is 6.01. The molecule has 1 saturated heterocycles. The Bertz CT molecular complexity index is 400. The van der Waals surface area contributed by atoms with Gasteiger partial charge in [0.05, 0.1) is 0 Å². The van der Waals surface area contributed by atoms with E-state index in [1.165, 1.54) is 43.5 Å². The first-order chi connectivity index (χ1) is 9.79.